The quantitative estimate of drug-likeness (QED) is 0.313. The minimum absolute atomic E-state index is 0.0522. The summed E-state index contributed by atoms with van der Waals surface area (Å²) in [6, 6.07) is 23.3. The molecule has 214 valence electrons. The Balaban J connectivity index is 1.11. The maximum absolute atomic E-state index is 13.6. The van der Waals surface area contributed by atoms with Crippen LogP contribution in [-0.4, -0.2) is 71.6 Å². The molecule has 41 heavy (non-hydrogen) atoms. The van der Waals surface area contributed by atoms with Crippen molar-refractivity contribution in [3.63, 3.8) is 0 Å². The summed E-state index contributed by atoms with van der Waals surface area (Å²) in [6.07, 6.45) is 2.01. The number of piperidine rings is 1. The van der Waals surface area contributed by atoms with Crippen molar-refractivity contribution in [2.45, 2.75) is 39.8 Å². The third-order valence-electron chi connectivity index (χ3n) is 8.90. The monoisotopic (exact) mass is 551 g/mol. The molecule has 2 fully saturated rings. The van der Waals surface area contributed by atoms with E-state index in [9.17, 15) is 4.79 Å². The number of rotatable bonds is 7. The molecule has 1 aromatic heterocycles. The van der Waals surface area contributed by atoms with Crippen LogP contribution in [0.1, 0.15) is 35.4 Å². The molecule has 3 heterocycles. The standard InChI is InChI=1S/C34H41N5O2/c1-25-10-13-29(21-26(25)2)37-17-19-38(20-18-37)34(40)28-7-6-16-36(23-28)24-33-35-31-8-4-5-9-32(31)39(33)22-27-11-14-30(41-3)15-12-27/h4-5,8-15,21,28H,6-7,16-20,22-24H2,1-3H3/t28-/m1/s1. The first-order chi connectivity index (χ1) is 20.0. The third kappa shape index (κ3) is 5.96. The molecule has 3 aromatic carbocycles. The molecule has 1 atom stereocenters. The number of fused-ring (bicyclic) bond motifs is 1. The Labute approximate surface area is 243 Å². The van der Waals surface area contributed by atoms with E-state index in [4.69, 9.17) is 9.72 Å². The highest BCUT2D eigenvalue weighted by Gasteiger charge is 2.31. The fourth-order valence-corrected chi connectivity index (χ4v) is 6.30. The molecule has 6 rings (SSSR count). The first-order valence-electron chi connectivity index (χ1n) is 14.9. The number of benzene rings is 3. The zero-order valence-corrected chi connectivity index (χ0v) is 24.6. The molecule has 2 aliphatic rings. The van der Waals surface area contributed by atoms with Gasteiger partial charge in [0.2, 0.25) is 5.91 Å². The molecule has 1 amide bonds. The van der Waals surface area contributed by atoms with Crippen molar-refractivity contribution in [2.75, 3.05) is 51.3 Å². The van der Waals surface area contributed by atoms with Gasteiger partial charge in [0.25, 0.3) is 0 Å². The minimum atomic E-state index is 0.0522. The number of anilines is 1. The van der Waals surface area contributed by atoms with Crippen LogP contribution in [0.4, 0.5) is 5.69 Å². The average Bonchev–Trinajstić information content (AvgIpc) is 3.35. The summed E-state index contributed by atoms with van der Waals surface area (Å²) in [5.74, 6) is 2.29. The maximum atomic E-state index is 13.6. The summed E-state index contributed by atoms with van der Waals surface area (Å²) >= 11 is 0. The fraction of sp³-hybridized carbons (Fsp3) is 0.412. The Hall–Kier alpha value is -3.84. The topological polar surface area (TPSA) is 53.8 Å². The predicted octanol–water partition coefficient (Wildman–Crippen LogP) is 5.27. The Kier molecular flexibility index (Phi) is 7.97. The molecular formula is C34H41N5O2. The molecule has 0 aliphatic carbocycles. The lowest BCUT2D eigenvalue weighted by molar-refractivity contribution is -0.137. The Morgan fingerprint density at radius 3 is 2.44 bits per heavy atom. The van der Waals surface area contributed by atoms with E-state index in [2.05, 4.69) is 81.6 Å². The van der Waals surface area contributed by atoms with Gasteiger partial charge in [-0.15, -0.1) is 0 Å². The number of imidazole rings is 1. The van der Waals surface area contributed by atoms with E-state index < -0.39 is 0 Å². The van der Waals surface area contributed by atoms with Crippen LogP contribution in [0, 0.1) is 19.8 Å². The van der Waals surface area contributed by atoms with Gasteiger partial charge in [-0.05, 0) is 86.3 Å². The average molecular weight is 552 g/mol. The maximum Gasteiger partial charge on any atom is 0.227 e. The zero-order chi connectivity index (χ0) is 28.3. The van der Waals surface area contributed by atoms with Crippen molar-refractivity contribution in [3.05, 3.63) is 89.2 Å². The van der Waals surface area contributed by atoms with Gasteiger partial charge in [-0.1, -0.05) is 30.3 Å². The van der Waals surface area contributed by atoms with E-state index in [-0.39, 0.29) is 5.92 Å². The molecule has 4 aromatic rings. The number of methoxy groups -OCH3 is 1. The summed E-state index contributed by atoms with van der Waals surface area (Å²) in [5.41, 5.74) is 7.27. The van der Waals surface area contributed by atoms with Crippen LogP contribution in [0.25, 0.3) is 11.0 Å². The number of nitrogens with zero attached hydrogens (tertiary/aromatic N) is 5. The Morgan fingerprint density at radius 2 is 1.68 bits per heavy atom. The van der Waals surface area contributed by atoms with E-state index >= 15 is 0 Å². The molecule has 7 heteroatoms. The number of piperazine rings is 1. The van der Waals surface area contributed by atoms with Gasteiger partial charge in [-0.25, -0.2) is 4.98 Å². The van der Waals surface area contributed by atoms with Crippen LogP contribution in [0.5, 0.6) is 5.75 Å². The van der Waals surface area contributed by atoms with Crippen LogP contribution in [-0.2, 0) is 17.9 Å². The summed E-state index contributed by atoms with van der Waals surface area (Å²) in [4.78, 5) is 25.6. The number of amides is 1. The lowest BCUT2D eigenvalue weighted by atomic mass is 9.96. The van der Waals surface area contributed by atoms with Crippen LogP contribution >= 0.6 is 0 Å². The second kappa shape index (κ2) is 12.0. The number of aryl methyl sites for hydroxylation is 2. The molecule has 0 saturated carbocycles. The highest BCUT2D eigenvalue weighted by Crippen LogP contribution is 2.26. The Bertz CT molecular complexity index is 1500. The Morgan fingerprint density at radius 1 is 0.902 bits per heavy atom. The van der Waals surface area contributed by atoms with Gasteiger partial charge < -0.3 is 19.1 Å². The van der Waals surface area contributed by atoms with Crippen molar-refractivity contribution in [1.29, 1.82) is 0 Å². The number of carbonyl (C=O) groups excluding carboxylic acids is 1. The first kappa shape index (κ1) is 27.3. The number of hydrogen-bond acceptors (Lipinski definition) is 5. The number of likely N-dealkylation sites (tertiary alicyclic amines) is 1. The normalized spacial score (nSPS) is 18.2. The van der Waals surface area contributed by atoms with Gasteiger partial charge in [0.05, 0.1) is 30.6 Å². The van der Waals surface area contributed by atoms with Crippen molar-refractivity contribution < 1.29 is 9.53 Å². The van der Waals surface area contributed by atoms with Crippen molar-refractivity contribution in [3.8, 4) is 5.75 Å². The predicted molar refractivity (Wildman–Crippen MR) is 165 cm³/mol. The molecule has 2 saturated heterocycles. The first-order valence-corrected chi connectivity index (χ1v) is 14.9. The van der Waals surface area contributed by atoms with Crippen LogP contribution in [0.3, 0.4) is 0 Å². The summed E-state index contributed by atoms with van der Waals surface area (Å²) in [7, 11) is 1.69. The highest BCUT2D eigenvalue weighted by atomic mass is 16.5. The largest absolute Gasteiger partial charge is 0.497 e. The zero-order valence-electron chi connectivity index (χ0n) is 24.6. The smallest absolute Gasteiger partial charge is 0.227 e. The summed E-state index contributed by atoms with van der Waals surface area (Å²) in [5, 5.41) is 0. The van der Waals surface area contributed by atoms with Gasteiger partial charge in [-0.2, -0.15) is 0 Å². The van der Waals surface area contributed by atoms with Crippen LogP contribution in [0.2, 0.25) is 0 Å². The molecule has 0 unspecified atom stereocenters. The van der Waals surface area contributed by atoms with E-state index in [0.717, 1.165) is 87.8 Å². The molecule has 7 nitrogen and oxygen atoms in total. The van der Waals surface area contributed by atoms with E-state index in [1.54, 1.807) is 7.11 Å². The lowest BCUT2D eigenvalue weighted by Crippen LogP contribution is -2.52. The van der Waals surface area contributed by atoms with Gasteiger partial charge in [0.1, 0.15) is 11.6 Å². The molecular weight excluding hydrogens is 510 g/mol. The van der Waals surface area contributed by atoms with Crippen LogP contribution in [0.15, 0.2) is 66.7 Å². The number of carbonyl (C=O) groups is 1. The second-order valence-electron chi connectivity index (χ2n) is 11.6. The van der Waals surface area contributed by atoms with Gasteiger partial charge in [0.15, 0.2) is 0 Å². The van der Waals surface area contributed by atoms with E-state index in [1.807, 2.05) is 18.2 Å². The molecule has 0 N–H and O–H groups in total. The second-order valence-corrected chi connectivity index (χ2v) is 11.6. The summed E-state index contributed by atoms with van der Waals surface area (Å²) < 4.78 is 7.67. The van der Waals surface area contributed by atoms with E-state index in [0.29, 0.717) is 5.91 Å². The lowest BCUT2D eigenvalue weighted by Gasteiger charge is -2.39. The van der Waals surface area contributed by atoms with Gasteiger partial charge >= 0.3 is 0 Å². The number of ether oxygens (including phenoxy) is 1. The van der Waals surface area contributed by atoms with Gasteiger partial charge in [0, 0.05) is 45.0 Å². The van der Waals surface area contributed by atoms with E-state index in [1.165, 1.54) is 22.4 Å². The SMILES string of the molecule is COc1ccc(Cn2c(CN3CCC[C@@H](C(=O)N4CCN(c5ccc(C)c(C)c5)CC4)C3)nc3ccccc32)cc1. The van der Waals surface area contributed by atoms with Gasteiger partial charge in [-0.3, -0.25) is 9.69 Å². The number of aromatic nitrogens is 2. The van der Waals surface area contributed by atoms with Crippen molar-refractivity contribution >= 4 is 22.6 Å². The number of hydrogen-bond donors (Lipinski definition) is 0. The fourth-order valence-electron chi connectivity index (χ4n) is 6.30. The van der Waals surface area contributed by atoms with Crippen molar-refractivity contribution in [2.24, 2.45) is 5.92 Å². The highest BCUT2D eigenvalue weighted by molar-refractivity contribution is 5.79. The summed E-state index contributed by atoms with van der Waals surface area (Å²) in [6.45, 7) is 11.0. The van der Waals surface area contributed by atoms with Crippen LogP contribution < -0.4 is 9.64 Å². The van der Waals surface area contributed by atoms with Crippen molar-refractivity contribution in [1.82, 2.24) is 19.4 Å². The molecule has 2 aliphatic heterocycles. The molecule has 0 spiro atoms. The molecule has 0 radical (unpaired) electrons. The molecule has 0 bridgehead atoms. The number of para-hydroxylation sites is 2. The minimum Gasteiger partial charge on any atom is -0.497 e. The third-order valence-corrected chi connectivity index (χ3v) is 8.90.